The van der Waals surface area contributed by atoms with Gasteiger partial charge >= 0.3 is 17.3 Å². The third-order valence-corrected chi connectivity index (χ3v) is 3.51. The number of hydrogen-bond donors (Lipinski definition) is 3. The Morgan fingerprint density at radius 1 is 1.19 bits per heavy atom. The number of methoxy groups -OCH3 is 1. The molecule has 3 N–H and O–H groups in total. The van der Waals surface area contributed by atoms with Crippen molar-refractivity contribution in [3.8, 4) is 22.8 Å². The molecule has 0 radical (unpaired) electrons. The standard InChI is InChI=1S/C14H12N6O7/c1-26-8(21)2-3-20-5-7(11(23)18-14(20)25)9-16-12(27-19-9)6-4-15-13(24)17-10(6)22/h4-5H,2-3H2,1H3,(H,18,23,25)(H2,15,17,22,24). The molecule has 0 atom stereocenters. The number of rotatable bonds is 5. The molecular formula is C14H12N6O7. The maximum Gasteiger partial charge on any atom is 0.328 e. The summed E-state index contributed by atoms with van der Waals surface area (Å²) in [6.07, 6.45) is 2.15. The molecule has 0 saturated carbocycles. The SMILES string of the molecule is COC(=O)CCn1cc(-c2noc(-c3c[nH]c(=O)[nH]c3=O)n2)c(=O)[nH]c1=O. The number of hydrogen-bond acceptors (Lipinski definition) is 9. The van der Waals surface area contributed by atoms with Crippen molar-refractivity contribution in [3.05, 3.63) is 54.1 Å². The highest BCUT2D eigenvalue weighted by atomic mass is 16.5. The minimum absolute atomic E-state index is 0.0421. The van der Waals surface area contributed by atoms with E-state index in [2.05, 4.69) is 24.8 Å². The summed E-state index contributed by atoms with van der Waals surface area (Å²) in [5, 5.41) is 3.61. The topological polar surface area (TPSA) is 186 Å². The highest BCUT2D eigenvalue weighted by Gasteiger charge is 2.17. The number of aromatic nitrogens is 6. The molecule has 0 bridgehead atoms. The number of H-pyrrole nitrogens is 3. The fourth-order valence-electron chi connectivity index (χ4n) is 2.16. The summed E-state index contributed by atoms with van der Waals surface area (Å²) in [7, 11) is 1.21. The largest absolute Gasteiger partial charge is 0.469 e. The van der Waals surface area contributed by atoms with Crippen LogP contribution >= 0.6 is 0 Å². The number of carbonyl (C=O) groups excluding carboxylic acids is 1. The number of aryl methyl sites for hydroxylation is 1. The summed E-state index contributed by atoms with van der Waals surface area (Å²) in [6, 6.07) is 0. The Morgan fingerprint density at radius 3 is 2.63 bits per heavy atom. The van der Waals surface area contributed by atoms with Crippen LogP contribution in [0.3, 0.4) is 0 Å². The first-order valence-corrected chi connectivity index (χ1v) is 7.46. The van der Waals surface area contributed by atoms with E-state index in [1.165, 1.54) is 7.11 Å². The van der Waals surface area contributed by atoms with Crippen LogP contribution in [-0.2, 0) is 16.1 Å². The van der Waals surface area contributed by atoms with Gasteiger partial charge in [-0.1, -0.05) is 5.16 Å². The maximum absolute atomic E-state index is 12.0. The highest BCUT2D eigenvalue weighted by Crippen LogP contribution is 2.16. The Hall–Kier alpha value is -4.03. The average Bonchev–Trinajstić information content (AvgIpc) is 3.10. The number of aromatic amines is 3. The molecule has 0 aliphatic rings. The van der Waals surface area contributed by atoms with Gasteiger partial charge < -0.3 is 14.2 Å². The molecule has 3 aromatic heterocycles. The van der Waals surface area contributed by atoms with Gasteiger partial charge in [0.1, 0.15) is 11.1 Å². The Morgan fingerprint density at radius 2 is 1.93 bits per heavy atom. The van der Waals surface area contributed by atoms with Crippen molar-refractivity contribution in [3.63, 3.8) is 0 Å². The fraction of sp³-hybridized carbons (Fsp3) is 0.214. The molecule has 0 unspecified atom stereocenters. The van der Waals surface area contributed by atoms with Crippen molar-refractivity contribution in [2.75, 3.05) is 7.11 Å². The number of nitrogens with one attached hydrogen (secondary N) is 3. The van der Waals surface area contributed by atoms with Gasteiger partial charge in [0.2, 0.25) is 5.82 Å². The van der Waals surface area contributed by atoms with Crippen LogP contribution < -0.4 is 22.5 Å². The van der Waals surface area contributed by atoms with Gasteiger partial charge in [-0.15, -0.1) is 0 Å². The number of nitrogens with zero attached hydrogens (tertiary/aromatic N) is 3. The van der Waals surface area contributed by atoms with E-state index in [-0.39, 0.29) is 35.8 Å². The first-order valence-electron chi connectivity index (χ1n) is 7.46. The van der Waals surface area contributed by atoms with E-state index >= 15 is 0 Å². The van der Waals surface area contributed by atoms with Crippen LogP contribution in [-0.4, -0.2) is 42.7 Å². The highest BCUT2D eigenvalue weighted by molar-refractivity contribution is 5.69. The predicted octanol–water partition coefficient (Wildman–Crippen LogP) is -1.81. The van der Waals surface area contributed by atoms with Gasteiger partial charge in [-0.25, -0.2) is 9.59 Å². The summed E-state index contributed by atoms with van der Waals surface area (Å²) < 4.78 is 10.5. The van der Waals surface area contributed by atoms with E-state index in [4.69, 9.17) is 4.52 Å². The molecule has 0 spiro atoms. The summed E-state index contributed by atoms with van der Waals surface area (Å²) in [6.45, 7) is -0.0421. The van der Waals surface area contributed by atoms with Gasteiger partial charge in [-0.3, -0.25) is 28.9 Å². The lowest BCUT2D eigenvalue weighted by atomic mass is 10.3. The van der Waals surface area contributed by atoms with E-state index in [1.807, 2.05) is 4.98 Å². The molecule has 3 aromatic rings. The van der Waals surface area contributed by atoms with Crippen molar-refractivity contribution in [2.45, 2.75) is 13.0 Å². The molecule has 13 heteroatoms. The van der Waals surface area contributed by atoms with Crippen LogP contribution in [0.2, 0.25) is 0 Å². The molecule has 3 rings (SSSR count). The first kappa shape index (κ1) is 17.8. The zero-order valence-corrected chi connectivity index (χ0v) is 13.8. The molecule has 0 saturated heterocycles. The van der Waals surface area contributed by atoms with Gasteiger partial charge in [0.15, 0.2) is 0 Å². The molecule has 0 amide bonds. The van der Waals surface area contributed by atoms with Crippen LogP contribution in [0, 0.1) is 0 Å². The number of carbonyl (C=O) groups is 1. The molecular weight excluding hydrogens is 364 g/mol. The number of ether oxygens (including phenoxy) is 1. The van der Waals surface area contributed by atoms with E-state index in [1.54, 1.807) is 0 Å². The van der Waals surface area contributed by atoms with E-state index in [0.717, 1.165) is 17.0 Å². The predicted molar refractivity (Wildman–Crippen MR) is 87.9 cm³/mol. The van der Waals surface area contributed by atoms with Gasteiger partial charge in [-0.05, 0) is 0 Å². The van der Waals surface area contributed by atoms with Crippen LogP contribution in [0.15, 0.2) is 36.1 Å². The lowest BCUT2D eigenvalue weighted by Crippen LogP contribution is -2.31. The van der Waals surface area contributed by atoms with Crippen molar-refractivity contribution < 1.29 is 14.1 Å². The molecule has 0 aliphatic carbocycles. The van der Waals surface area contributed by atoms with E-state index < -0.39 is 28.5 Å². The second kappa shape index (κ2) is 7.07. The Bertz CT molecular complexity index is 1230. The van der Waals surface area contributed by atoms with Crippen molar-refractivity contribution in [1.29, 1.82) is 0 Å². The van der Waals surface area contributed by atoms with Crippen LogP contribution in [0.25, 0.3) is 22.8 Å². The zero-order valence-electron chi connectivity index (χ0n) is 13.8. The summed E-state index contributed by atoms with van der Waals surface area (Å²) in [5.74, 6) is -0.966. The van der Waals surface area contributed by atoms with Gasteiger partial charge in [-0.2, -0.15) is 4.98 Å². The lowest BCUT2D eigenvalue weighted by Gasteiger charge is -2.05. The molecule has 0 aliphatic heterocycles. The second-order valence-corrected chi connectivity index (χ2v) is 5.23. The van der Waals surface area contributed by atoms with Crippen LogP contribution in [0.5, 0.6) is 0 Å². The van der Waals surface area contributed by atoms with E-state index in [0.29, 0.717) is 0 Å². The lowest BCUT2D eigenvalue weighted by molar-refractivity contribution is -0.140. The van der Waals surface area contributed by atoms with Crippen LogP contribution in [0.1, 0.15) is 6.42 Å². The van der Waals surface area contributed by atoms with Crippen molar-refractivity contribution in [1.82, 2.24) is 29.7 Å². The molecule has 140 valence electrons. The normalized spacial score (nSPS) is 10.7. The molecule has 0 fully saturated rings. The summed E-state index contributed by atoms with van der Waals surface area (Å²) >= 11 is 0. The molecule has 27 heavy (non-hydrogen) atoms. The zero-order chi connectivity index (χ0) is 19.6. The monoisotopic (exact) mass is 376 g/mol. The molecule has 3 heterocycles. The Kier molecular flexibility index (Phi) is 4.66. The van der Waals surface area contributed by atoms with E-state index in [9.17, 15) is 24.0 Å². The number of esters is 1. The minimum atomic E-state index is -0.781. The Balaban J connectivity index is 1.99. The van der Waals surface area contributed by atoms with Crippen LogP contribution in [0.4, 0.5) is 0 Å². The average molecular weight is 376 g/mol. The Labute approximate surface area is 147 Å². The fourth-order valence-corrected chi connectivity index (χ4v) is 2.16. The second-order valence-electron chi connectivity index (χ2n) is 5.23. The van der Waals surface area contributed by atoms with Gasteiger partial charge in [0.25, 0.3) is 17.0 Å². The summed E-state index contributed by atoms with van der Waals surface area (Å²) in [4.78, 5) is 68.2. The quantitative estimate of drug-likeness (QED) is 0.432. The minimum Gasteiger partial charge on any atom is -0.469 e. The smallest absolute Gasteiger partial charge is 0.328 e. The maximum atomic E-state index is 12.0. The summed E-state index contributed by atoms with van der Waals surface area (Å²) in [5.41, 5.74) is -3.20. The molecule has 0 aromatic carbocycles. The first-order chi connectivity index (χ1) is 12.9. The van der Waals surface area contributed by atoms with Gasteiger partial charge in [0.05, 0.1) is 13.5 Å². The molecule has 13 nitrogen and oxygen atoms in total. The van der Waals surface area contributed by atoms with Gasteiger partial charge in [0, 0.05) is 18.9 Å². The van der Waals surface area contributed by atoms with Crippen molar-refractivity contribution >= 4 is 5.97 Å². The van der Waals surface area contributed by atoms with Crippen molar-refractivity contribution in [2.24, 2.45) is 0 Å². The third kappa shape index (κ3) is 3.65. The third-order valence-electron chi connectivity index (χ3n) is 3.51.